The minimum absolute atomic E-state index is 0.00101. The fourth-order valence-electron chi connectivity index (χ4n) is 3.05. The van der Waals surface area contributed by atoms with Crippen LogP contribution in [0.25, 0.3) is 6.08 Å². The third kappa shape index (κ3) is 3.64. The van der Waals surface area contributed by atoms with E-state index in [4.69, 9.17) is 9.52 Å². The highest BCUT2D eigenvalue weighted by Gasteiger charge is 2.30. The summed E-state index contributed by atoms with van der Waals surface area (Å²) in [7, 11) is 0. The molecule has 1 aromatic heterocycles. The topological polar surface area (TPSA) is 71.9 Å². The first-order valence-corrected chi connectivity index (χ1v) is 8.58. The highest BCUT2D eigenvalue weighted by molar-refractivity contribution is 6.01. The van der Waals surface area contributed by atoms with Crippen LogP contribution in [0.15, 0.2) is 88.6 Å². The Kier molecular flexibility index (Phi) is 4.53. The first-order valence-electron chi connectivity index (χ1n) is 8.58. The molecular formula is C21H17N3O3. The molecule has 2 aromatic carbocycles. The van der Waals surface area contributed by atoms with Gasteiger partial charge in [0.1, 0.15) is 11.8 Å². The number of anilines is 1. The average Bonchev–Trinajstić information content (AvgIpc) is 3.37. The summed E-state index contributed by atoms with van der Waals surface area (Å²) in [5.41, 5.74) is 2.88. The van der Waals surface area contributed by atoms with E-state index in [1.807, 2.05) is 59.6 Å². The molecule has 0 N–H and O–H groups in total. The van der Waals surface area contributed by atoms with Gasteiger partial charge in [0.15, 0.2) is 0 Å². The fraction of sp³-hybridized carbons (Fsp3) is 0.0952. The number of nitro groups is 1. The third-order valence-electron chi connectivity index (χ3n) is 4.40. The van der Waals surface area contributed by atoms with Crippen LogP contribution < -0.4 is 5.01 Å². The highest BCUT2D eigenvalue weighted by atomic mass is 16.6. The van der Waals surface area contributed by atoms with Crippen molar-refractivity contribution < 1.29 is 9.34 Å². The van der Waals surface area contributed by atoms with E-state index in [9.17, 15) is 10.1 Å². The zero-order valence-corrected chi connectivity index (χ0v) is 14.4. The maximum atomic E-state index is 10.8. The zero-order chi connectivity index (χ0) is 18.6. The van der Waals surface area contributed by atoms with E-state index >= 15 is 0 Å². The molecular weight excluding hydrogens is 342 g/mol. The van der Waals surface area contributed by atoms with Crippen molar-refractivity contribution in [2.45, 2.75) is 12.5 Å². The Morgan fingerprint density at radius 1 is 1.04 bits per heavy atom. The molecule has 0 aliphatic carbocycles. The number of furan rings is 1. The Balaban J connectivity index is 1.58. The van der Waals surface area contributed by atoms with Crippen LogP contribution in [0.4, 0.5) is 11.4 Å². The van der Waals surface area contributed by atoms with Crippen LogP contribution in [0.5, 0.6) is 0 Å². The minimum atomic E-state index is -0.403. The molecule has 6 heteroatoms. The number of non-ortho nitro benzene ring substituents is 1. The number of hydrogen-bond acceptors (Lipinski definition) is 5. The number of allylic oxidation sites excluding steroid dienone is 1. The predicted molar refractivity (Wildman–Crippen MR) is 105 cm³/mol. The van der Waals surface area contributed by atoms with Crippen molar-refractivity contribution in [1.82, 2.24) is 0 Å². The van der Waals surface area contributed by atoms with E-state index in [1.54, 1.807) is 18.4 Å². The number of para-hydroxylation sites is 1. The van der Waals surface area contributed by atoms with Gasteiger partial charge in [0, 0.05) is 18.6 Å². The monoisotopic (exact) mass is 359 g/mol. The van der Waals surface area contributed by atoms with E-state index in [1.165, 1.54) is 12.1 Å². The normalized spacial score (nSPS) is 16.7. The van der Waals surface area contributed by atoms with Crippen LogP contribution in [0.3, 0.4) is 0 Å². The quantitative estimate of drug-likeness (QED) is 0.463. The standard InChI is InChI=1S/C21H17N3O3/c25-24(26)19-12-9-16(10-13-19)8-11-17-15-20(21-7-4-14-27-21)23(22-17)18-5-2-1-3-6-18/h1-14,20H,15H2. The Morgan fingerprint density at radius 3 is 2.48 bits per heavy atom. The minimum Gasteiger partial charge on any atom is -0.467 e. The van der Waals surface area contributed by atoms with Crippen LogP contribution in [0.1, 0.15) is 23.8 Å². The summed E-state index contributed by atoms with van der Waals surface area (Å²) in [6, 6.07) is 20.2. The number of nitro benzene ring substituents is 1. The molecule has 0 bridgehead atoms. The van der Waals surface area contributed by atoms with Gasteiger partial charge in [-0.3, -0.25) is 15.1 Å². The van der Waals surface area contributed by atoms with Crippen molar-refractivity contribution in [3.8, 4) is 0 Å². The van der Waals surface area contributed by atoms with Gasteiger partial charge in [-0.05, 0) is 48.0 Å². The van der Waals surface area contributed by atoms with Crippen LogP contribution in [0, 0.1) is 10.1 Å². The number of hydrazone groups is 1. The highest BCUT2D eigenvalue weighted by Crippen LogP contribution is 2.35. The fourth-order valence-corrected chi connectivity index (χ4v) is 3.05. The molecule has 0 spiro atoms. The van der Waals surface area contributed by atoms with Gasteiger partial charge in [0.05, 0.1) is 22.6 Å². The molecule has 134 valence electrons. The number of nitrogens with zero attached hydrogens (tertiary/aromatic N) is 3. The van der Waals surface area contributed by atoms with E-state index in [-0.39, 0.29) is 11.7 Å². The largest absolute Gasteiger partial charge is 0.467 e. The molecule has 0 saturated carbocycles. The predicted octanol–water partition coefficient (Wildman–Crippen LogP) is 5.21. The first-order chi connectivity index (χ1) is 13.2. The van der Waals surface area contributed by atoms with Gasteiger partial charge in [-0.25, -0.2) is 0 Å². The van der Waals surface area contributed by atoms with Crippen molar-refractivity contribution in [1.29, 1.82) is 0 Å². The van der Waals surface area contributed by atoms with Gasteiger partial charge in [-0.2, -0.15) is 5.10 Å². The number of benzene rings is 2. The molecule has 0 saturated heterocycles. The molecule has 1 atom stereocenters. The van der Waals surface area contributed by atoms with Crippen LogP contribution >= 0.6 is 0 Å². The van der Waals surface area contributed by atoms with Gasteiger partial charge in [-0.1, -0.05) is 24.3 Å². The zero-order valence-electron chi connectivity index (χ0n) is 14.4. The molecule has 3 aromatic rings. The lowest BCUT2D eigenvalue weighted by Crippen LogP contribution is -2.17. The summed E-state index contributed by atoms with van der Waals surface area (Å²) in [4.78, 5) is 10.4. The van der Waals surface area contributed by atoms with Gasteiger partial charge in [0.2, 0.25) is 0 Å². The number of hydrogen-bond donors (Lipinski definition) is 0. The Bertz CT molecular complexity index is 977. The molecule has 27 heavy (non-hydrogen) atoms. The summed E-state index contributed by atoms with van der Waals surface area (Å²) in [5, 5.41) is 17.5. The van der Waals surface area contributed by atoms with Crippen LogP contribution in [-0.4, -0.2) is 10.6 Å². The molecule has 0 radical (unpaired) electrons. The smallest absolute Gasteiger partial charge is 0.269 e. The third-order valence-corrected chi connectivity index (χ3v) is 4.40. The second kappa shape index (κ2) is 7.29. The summed E-state index contributed by atoms with van der Waals surface area (Å²) in [6.45, 7) is 0. The van der Waals surface area contributed by atoms with E-state index in [0.29, 0.717) is 6.42 Å². The van der Waals surface area contributed by atoms with Gasteiger partial charge in [-0.15, -0.1) is 0 Å². The molecule has 4 rings (SSSR count). The number of rotatable bonds is 5. The van der Waals surface area contributed by atoms with Crippen molar-refractivity contribution in [3.05, 3.63) is 101 Å². The lowest BCUT2D eigenvalue weighted by Gasteiger charge is -2.21. The van der Waals surface area contributed by atoms with Crippen molar-refractivity contribution in [3.63, 3.8) is 0 Å². The van der Waals surface area contributed by atoms with Crippen molar-refractivity contribution in [2.24, 2.45) is 5.10 Å². The summed E-state index contributed by atoms with van der Waals surface area (Å²) in [6.07, 6.45) is 6.24. The summed E-state index contributed by atoms with van der Waals surface area (Å²) in [5.74, 6) is 0.862. The average molecular weight is 359 g/mol. The van der Waals surface area contributed by atoms with Crippen molar-refractivity contribution in [2.75, 3.05) is 5.01 Å². The lowest BCUT2D eigenvalue weighted by molar-refractivity contribution is -0.384. The maximum absolute atomic E-state index is 10.8. The van der Waals surface area contributed by atoms with Crippen LogP contribution in [-0.2, 0) is 0 Å². The molecule has 1 aliphatic rings. The van der Waals surface area contributed by atoms with Gasteiger partial charge in [0.25, 0.3) is 5.69 Å². The Hall–Kier alpha value is -3.67. The summed E-state index contributed by atoms with van der Waals surface area (Å²) < 4.78 is 5.61. The molecule has 1 unspecified atom stereocenters. The van der Waals surface area contributed by atoms with E-state index in [0.717, 1.165) is 22.7 Å². The molecule has 6 nitrogen and oxygen atoms in total. The second-order valence-corrected chi connectivity index (χ2v) is 6.19. The van der Waals surface area contributed by atoms with Gasteiger partial charge >= 0.3 is 0 Å². The van der Waals surface area contributed by atoms with E-state index < -0.39 is 4.92 Å². The lowest BCUT2D eigenvalue weighted by atomic mass is 10.1. The van der Waals surface area contributed by atoms with Crippen LogP contribution in [0.2, 0.25) is 0 Å². The maximum Gasteiger partial charge on any atom is 0.269 e. The summed E-state index contributed by atoms with van der Waals surface area (Å²) >= 11 is 0. The Labute approximate surface area is 156 Å². The molecule has 1 aliphatic heterocycles. The molecule has 2 heterocycles. The van der Waals surface area contributed by atoms with Gasteiger partial charge < -0.3 is 4.42 Å². The van der Waals surface area contributed by atoms with Crippen molar-refractivity contribution >= 4 is 23.2 Å². The SMILES string of the molecule is O=[N+]([O-])c1ccc(C=CC2=NN(c3ccccc3)C(c3ccco3)C2)cc1. The molecule has 0 amide bonds. The molecule has 0 fully saturated rings. The second-order valence-electron chi connectivity index (χ2n) is 6.19. The first kappa shape index (κ1) is 16.8. The Morgan fingerprint density at radius 2 is 1.81 bits per heavy atom. The van der Waals surface area contributed by atoms with E-state index in [2.05, 4.69) is 0 Å².